The van der Waals surface area contributed by atoms with Crippen LogP contribution < -0.4 is 5.32 Å². The van der Waals surface area contributed by atoms with E-state index in [1.165, 1.54) is 11.5 Å². The van der Waals surface area contributed by atoms with Crippen molar-refractivity contribution < 1.29 is 4.79 Å². The molecule has 0 saturated carbocycles. The second-order valence-corrected chi connectivity index (χ2v) is 2.47. The molecule has 1 aromatic carbocycles. The summed E-state index contributed by atoms with van der Waals surface area (Å²) in [4.78, 5) is 11.0. The van der Waals surface area contributed by atoms with Crippen molar-refractivity contribution in [2.75, 3.05) is 5.32 Å². The van der Waals surface area contributed by atoms with Crippen molar-refractivity contribution in [3.8, 4) is 0 Å². The van der Waals surface area contributed by atoms with E-state index in [9.17, 15) is 4.79 Å². The minimum Gasteiger partial charge on any atom is -0.322 e. The lowest BCUT2D eigenvalue weighted by Crippen LogP contribution is -2.06. The van der Waals surface area contributed by atoms with E-state index < -0.39 is 0 Å². The van der Waals surface area contributed by atoms with Gasteiger partial charge in [-0.05, 0) is 17.5 Å². The quantitative estimate of drug-likeness (QED) is 0.528. The van der Waals surface area contributed by atoms with E-state index in [0.717, 1.165) is 5.69 Å². The molecule has 0 saturated heterocycles. The van der Waals surface area contributed by atoms with Crippen LogP contribution in [0, 0.1) is 0 Å². The molecule has 2 nitrogen and oxygen atoms in total. The summed E-state index contributed by atoms with van der Waals surface area (Å²) in [6.07, 6.45) is 1.36. The molecule has 0 aliphatic heterocycles. The topological polar surface area (TPSA) is 29.1 Å². The smallest absolute Gasteiger partial charge is 0.248 e. The van der Waals surface area contributed by atoms with E-state index in [2.05, 4.69) is 17.9 Å². The molecule has 1 amide bonds. The molecular formula is C9H9NOS. The lowest BCUT2D eigenvalue weighted by atomic mass is 10.3. The first-order chi connectivity index (χ1) is 5.83. The summed E-state index contributed by atoms with van der Waals surface area (Å²) < 4.78 is 0. The predicted molar refractivity (Wildman–Crippen MR) is 53.2 cm³/mol. The lowest BCUT2D eigenvalue weighted by Gasteiger charge is -1.99. The molecule has 1 N–H and O–H groups in total. The summed E-state index contributed by atoms with van der Waals surface area (Å²) in [6.45, 7) is 0. The van der Waals surface area contributed by atoms with Gasteiger partial charge in [0.1, 0.15) is 0 Å². The molecule has 0 heterocycles. The number of benzene rings is 1. The molecule has 0 spiro atoms. The summed E-state index contributed by atoms with van der Waals surface area (Å²) in [6, 6.07) is 9.26. The molecule has 0 bridgehead atoms. The average molecular weight is 179 g/mol. The van der Waals surface area contributed by atoms with Gasteiger partial charge in [-0.3, -0.25) is 4.79 Å². The minimum absolute atomic E-state index is 0.170. The molecule has 3 heteroatoms. The molecule has 0 aromatic heterocycles. The van der Waals surface area contributed by atoms with E-state index >= 15 is 0 Å². The SMILES string of the molecule is O=C(/C=C\S)Nc1ccccc1. The maximum atomic E-state index is 11.0. The van der Waals surface area contributed by atoms with Crippen molar-refractivity contribution >= 4 is 24.2 Å². The fourth-order valence-electron chi connectivity index (χ4n) is 0.773. The number of hydrogen-bond acceptors (Lipinski definition) is 2. The Labute approximate surface area is 76.7 Å². The third-order valence-corrected chi connectivity index (χ3v) is 1.42. The van der Waals surface area contributed by atoms with Crippen molar-refractivity contribution in [2.24, 2.45) is 0 Å². The molecular weight excluding hydrogens is 170 g/mol. The first-order valence-corrected chi connectivity index (χ1v) is 4.01. The van der Waals surface area contributed by atoms with E-state index in [0.29, 0.717) is 0 Å². The van der Waals surface area contributed by atoms with E-state index in [1.54, 1.807) is 0 Å². The third kappa shape index (κ3) is 2.80. The van der Waals surface area contributed by atoms with Crippen LogP contribution in [0.4, 0.5) is 5.69 Å². The Morgan fingerprint density at radius 3 is 2.58 bits per heavy atom. The Hall–Kier alpha value is -1.22. The molecule has 0 aliphatic rings. The number of thiol groups is 1. The van der Waals surface area contributed by atoms with Crippen LogP contribution in [0.2, 0.25) is 0 Å². The van der Waals surface area contributed by atoms with Crippen LogP contribution in [0.1, 0.15) is 0 Å². The van der Waals surface area contributed by atoms with Crippen LogP contribution in [0.15, 0.2) is 41.8 Å². The number of anilines is 1. The first kappa shape index (κ1) is 8.87. The monoisotopic (exact) mass is 179 g/mol. The second kappa shape index (κ2) is 4.62. The molecule has 1 aromatic rings. The summed E-state index contributed by atoms with van der Waals surface area (Å²) in [5.41, 5.74) is 0.786. The van der Waals surface area contributed by atoms with Gasteiger partial charge in [-0.25, -0.2) is 0 Å². The summed E-state index contributed by atoms with van der Waals surface area (Å²) >= 11 is 3.78. The summed E-state index contributed by atoms with van der Waals surface area (Å²) in [5, 5.41) is 4.07. The van der Waals surface area contributed by atoms with Gasteiger partial charge in [0.05, 0.1) is 0 Å². The van der Waals surface area contributed by atoms with Crippen LogP contribution in [0.5, 0.6) is 0 Å². The fourth-order valence-corrected chi connectivity index (χ4v) is 0.909. The van der Waals surface area contributed by atoms with Crippen LogP contribution in [0.3, 0.4) is 0 Å². The standard InChI is InChI=1S/C9H9NOS/c11-9(6-7-12)10-8-4-2-1-3-5-8/h1-7,12H,(H,10,11)/b7-6-. The normalized spacial score (nSPS) is 10.1. The number of rotatable bonds is 2. The second-order valence-electron chi connectivity index (χ2n) is 2.17. The van der Waals surface area contributed by atoms with Crippen LogP contribution in [-0.2, 0) is 4.79 Å². The van der Waals surface area contributed by atoms with Gasteiger partial charge >= 0.3 is 0 Å². The highest BCUT2D eigenvalue weighted by atomic mass is 32.1. The van der Waals surface area contributed by atoms with Gasteiger partial charge in [-0.15, -0.1) is 0 Å². The Morgan fingerprint density at radius 1 is 1.33 bits per heavy atom. The summed E-state index contributed by atoms with van der Waals surface area (Å²) in [5.74, 6) is -0.170. The molecule has 62 valence electrons. The predicted octanol–water partition coefficient (Wildman–Crippen LogP) is 2.07. The van der Waals surface area contributed by atoms with Gasteiger partial charge in [0, 0.05) is 11.8 Å². The fraction of sp³-hybridized carbons (Fsp3) is 0. The zero-order chi connectivity index (χ0) is 8.81. The Kier molecular flexibility index (Phi) is 3.41. The average Bonchev–Trinajstić information content (AvgIpc) is 2.06. The molecule has 0 fully saturated rings. The Bertz CT molecular complexity index is 282. The highest BCUT2D eigenvalue weighted by Gasteiger charge is 1.93. The molecule has 12 heavy (non-hydrogen) atoms. The van der Waals surface area contributed by atoms with E-state index in [-0.39, 0.29) is 5.91 Å². The molecule has 0 unspecified atom stereocenters. The van der Waals surface area contributed by atoms with Gasteiger partial charge < -0.3 is 5.32 Å². The van der Waals surface area contributed by atoms with Gasteiger partial charge in [-0.1, -0.05) is 18.2 Å². The number of nitrogens with one attached hydrogen (secondary N) is 1. The lowest BCUT2D eigenvalue weighted by molar-refractivity contribution is -0.111. The van der Waals surface area contributed by atoms with Crippen molar-refractivity contribution in [1.29, 1.82) is 0 Å². The molecule has 0 aliphatic carbocycles. The number of carbonyl (C=O) groups is 1. The Morgan fingerprint density at radius 2 is 2.00 bits per heavy atom. The van der Waals surface area contributed by atoms with Gasteiger partial charge in [0.15, 0.2) is 0 Å². The van der Waals surface area contributed by atoms with Crippen molar-refractivity contribution in [2.45, 2.75) is 0 Å². The largest absolute Gasteiger partial charge is 0.322 e. The van der Waals surface area contributed by atoms with E-state index in [1.807, 2.05) is 30.3 Å². The van der Waals surface area contributed by atoms with Gasteiger partial charge in [0.2, 0.25) is 5.91 Å². The highest BCUT2D eigenvalue weighted by Crippen LogP contribution is 2.04. The number of para-hydroxylation sites is 1. The summed E-state index contributed by atoms with van der Waals surface area (Å²) in [7, 11) is 0. The third-order valence-electron chi connectivity index (χ3n) is 1.27. The Balaban J connectivity index is 2.59. The zero-order valence-electron chi connectivity index (χ0n) is 6.40. The van der Waals surface area contributed by atoms with Crippen LogP contribution >= 0.6 is 12.6 Å². The van der Waals surface area contributed by atoms with Crippen molar-refractivity contribution in [1.82, 2.24) is 0 Å². The number of hydrogen-bond donors (Lipinski definition) is 2. The molecule has 0 atom stereocenters. The van der Waals surface area contributed by atoms with Gasteiger partial charge in [-0.2, -0.15) is 12.6 Å². The highest BCUT2D eigenvalue weighted by molar-refractivity contribution is 7.83. The van der Waals surface area contributed by atoms with Crippen molar-refractivity contribution in [3.63, 3.8) is 0 Å². The van der Waals surface area contributed by atoms with E-state index in [4.69, 9.17) is 0 Å². The van der Waals surface area contributed by atoms with Crippen molar-refractivity contribution in [3.05, 3.63) is 41.8 Å². The van der Waals surface area contributed by atoms with Crippen LogP contribution in [-0.4, -0.2) is 5.91 Å². The first-order valence-electron chi connectivity index (χ1n) is 3.50. The van der Waals surface area contributed by atoms with Crippen LogP contribution in [0.25, 0.3) is 0 Å². The molecule has 0 radical (unpaired) electrons. The maximum absolute atomic E-state index is 11.0. The number of carbonyl (C=O) groups excluding carboxylic acids is 1. The minimum atomic E-state index is -0.170. The van der Waals surface area contributed by atoms with Gasteiger partial charge in [0.25, 0.3) is 0 Å². The maximum Gasteiger partial charge on any atom is 0.248 e. The zero-order valence-corrected chi connectivity index (χ0v) is 7.29. The molecule has 1 rings (SSSR count). The number of amides is 1.